The monoisotopic (exact) mass is 260 g/mol. The topological polar surface area (TPSA) is 17.1 Å². The van der Waals surface area contributed by atoms with Gasteiger partial charge in [0.25, 0.3) is 0 Å². The van der Waals surface area contributed by atoms with Gasteiger partial charge in [0, 0.05) is 5.30 Å². The van der Waals surface area contributed by atoms with Crippen LogP contribution in [-0.2, 0) is 4.57 Å². The van der Waals surface area contributed by atoms with Gasteiger partial charge in [-0.25, -0.2) is 0 Å². The molecule has 1 rings (SSSR count). The predicted molar refractivity (Wildman–Crippen MR) is 54.2 cm³/mol. The van der Waals surface area contributed by atoms with Crippen LogP contribution >= 0.6 is 7.14 Å². The van der Waals surface area contributed by atoms with Gasteiger partial charge >= 0.3 is 58.4 Å². The summed E-state index contributed by atoms with van der Waals surface area (Å²) in [5.74, 6) is 0. The van der Waals surface area contributed by atoms with E-state index in [2.05, 4.69) is 0 Å². The number of hydrogen-bond donors (Lipinski definition) is 0. The average molecular weight is 260 g/mol. The molecule has 0 fully saturated rings. The van der Waals surface area contributed by atoms with Crippen molar-refractivity contribution in [3.05, 3.63) is 24.3 Å². The maximum absolute atomic E-state index is 12.3. The van der Waals surface area contributed by atoms with E-state index in [-0.39, 0.29) is 56.7 Å². The zero-order valence-electron chi connectivity index (χ0n) is 8.88. The fraction of sp³-hybridized carbons (Fsp3) is 0.250. The zero-order valence-corrected chi connectivity index (χ0v) is 12.9. The van der Waals surface area contributed by atoms with E-state index in [1.54, 1.807) is 0 Å². The molecule has 78 valence electrons. The Morgan fingerprint density at radius 3 is 2.13 bits per heavy atom. The Labute approximate surface area is 130 Å². The van der Waals surface area contributed by atoms with Crippen LogP contribution in [0.2, 0.25) is 0 Å². The number of benzene rings is 1. The molecule has 0 aliphatic carbocycles. The Morgan fingerprint density at radius 2 is 1.73 bits per heavy atom. The van der Waals surface area contributed by atoms with Crippen molar-refractivity contribution in [3.63, 3.8) is 0 Å². The van der Waals surface area contributed by atoms with Crippen molar-refractivity contribution in [2.75, 3.05) is 13.3 Å². The van der Waals surface area contributed by atoms with E-state index < -0.39 is 19.6 Å². The normalized spacial score (nSPS) is 12.1. The van der Waals surface area contributed by atoms with E-state index in [4.69, 9.17) is 0 Å². The summed E-state index contributed by atoms with van der Waals surface area (Å²) in [7, 11) is -2.60. The number of halogens is 3. The standard InChI is InChI=1S/C8H10BF3OP.K/c1-14(2,13)8-5-3-4-7(6-8)9(10,11)12;/h3-6H,1-2H3;/q-1;+1. The van der Waals surface area contributed by atoms with E-state index >= 15 is 0 Å². The minimum absolute atomic E-state index is 0. The molecule has 0 aromatic heterocycles. The summed E-state index contributed by atoms with van der Waals surface area (Å²) < 4.78 is 48.5. The fourth-order valence-corrected chi connectivity index (χ4v) is 1.97. The summed E-state index contributed by atoms with van der Waals surface area (Å²) in [4.78, 5) is 0. The summed E-state index contributed by atoms with van der Waals surface area (Å²) in [6.07, 6.45) is 0. The molecule has 1 aromatic rings. The minimum atomic E-state index is -5.00. The van der Waals surface area contributed by atoms with Crippen molar-refractivity contribution < 1.29 is 68.9 Å². The van der Waals surface area contributed by atoms with E-state index in [0.717, 1.165) is 12.1 Å². The molecule has 0 amide bonds. The largest absolute Gasteiger partial charge is 1.00 e. The molecule has 1 aromatic carbocycles. The first-order chi connectivity index (χ1) is 6.21. The van der Waals surface area contributed by atoms with Crippen molar-refractivity contribution in [2.24, 2.45) is 0 Å². The van der Waals surface area contributed by atoms with Crippen molar-refractivity contribution in [1.82, 2.24) is 0 Å². The smallest absolute Gasteiger partial charge is 0.445 e. The Balaban J connectivity index is 0.00000196. The summed E-state index contributed by atoms with van der Waals surface area (Å²) in [5.41, 5.74) is -0.688. The molecule has 0 saturated carbocycles. The molecular formula is C8H10BF3KOP. The summed E-state index contributed by atoms with van der Waals surface area (Å²) in [6.45, 7) is -2.09. The second kappa shape index (κ2) is 5.52. The van der Waals surface area contributed by atoms with Crippen LogP contribution in [0.3, 0.4) is 0 Å². The van der Waals surface area contributed by atoms with Crippen molar-refractivity contribution in [2.45, 2.75) is 0 Å². The molecule has 0 radical (unpaired) electrons. The van der Waals surface area contributed by atoms with Crippen LogP contribution in [0.5, 0.6) is 0 Å². The molecule has 0 saturated heterocycles. The molecule has 0 heterocycles. The predicted octanol–water partition coefficient (Wildman–Crippen LogP) is -1.01. The second-order valence-corrected chi connectivity index (χ2v) is 6.74. The van der Waals surface area contributed by atoms with Gasteiger partial charge in [0.15, 0.2) is 0 Å². The van der Waals surface area contributed by atoms with E-state index in [0.29, 0.717) is 0 Å². The molecule has 0 aliphatic rings. The van der Waals surface area contributed by atoms with Gasteiger partial charge in [-0.3, -0.25) is 0 Å². The van der Waals surface area contributed by atoms with E-state index in [9.17, 15) is 17.5 Å². The van der Waals surface area contributed by atoms with E-state index in [1.165, 1.54) is 25.5 Å². The van der Waals surface area contributed by atoms with Gasteiger partial charge in [-0.2, -0.15) is 0 Å². The molecule has 1 nitrogen and oxygen atoms in total. The summed E-state index contributed by atoms with van der Waals surface area (Å²) >= 11 is 0. The molecule has 7 heteroatoms. The summed E-state index contributed by atoms with van der Waals surface area (Å²) in [5, 5.41) is 0.272. The third-order valence-corrected chi connectivity index (χ3v) is 3.39. The molecule has 0 atom stereocenters. The van der Waals surface area contributed by atoms with Crippen molar-refractivity contribution in [3.8, 4) is 0 Å². The molecule has 15 heavy (non-hydrogen) atoms. The first kappa shape index (κ1) is 15.9. The van der Waals surface area contributed by atoms with Crippen LogP contribution in [0.15, 0.2) is 24.3 Å². The van der Waals surface area contributed by atoms with Gasteiger partial charge in [0.1, 0.15) is 7.14 Å². The van der Waals surface area contributed by atoms with Gasteiger partial charge in [0.05, 0.1) is 0 Å². The first-order valence-electron chi connectivity index (χ1n) is 4.07. The maximum Gasteiger partial charge on any atom is 1.00 e. The third-order valence-electron chi connectivity index (χ3n) is 1.87. The molecule has 0 aliphatic heterocycles. The SMILES string of the molecule is CP(C)(=O)c1cccc([B-](F)(F)F)c1.[K+]. The van der Waals surface area contributed by atoms with E-state index in [1.807, 2.05) is 0 Å². The zero-order chi connectivity index (χ0) is 11.0. The maximum atomic E-state index is 12.3. The van der Waals surface area contributed by atoms with Gasteiger partial charge in [-0.1, -0.05) is 24.3 Å². The minimum Gasteiger partial charge on any atom is -0.445 e. The first-order valence-corrected chi connectivity index (χ1v) is 6.67. The second-order valence-electron chi connectivity index (χ2n) is 3.52. The Bertz CT molecular complexity index is 388. The average Bonchev–Trinajstić information content (AvgIpc) is 2.01. The van der Waals surface area contributed by atoms with Gasteiger partial charge in [-0.15, -0.1) is 5.46 Å². The summed E-state index contributed by atoms with van der Waals surface area (Å²) in [6, 6.07) is 4.73. The Hall–Kier alpha value is 0.941. The Kier molecular flexibility index (Phi) is 5.86. The van der Waals surface area contributed by atoms with Gasteiger partial charge < -0.3 is 17.5 Å². The molecule has 0 spiro atoms. The van der Waals surface area contributed by atoms with Crippen LogP contribution in [-0.4, -0.2) is 20.3 Å². The molecular weight excluding hydrogens is 250 g/mol. The van der Waals surface area contributed by atoms with Crippen LogP contribution in [0.4, 0.5) is 12.9 Å². The van der Waals surface area contributed by atoms with Gasteiger partial charge in [0.2, 0.25) is 0 Å². The van der Waals surface area contributed by atoms with Crippen LogP contribution < -0.4 is 62.2 Å². The van der Waals surface area contributed by atoms with Crippen molar-refractivity contribution >= 4 is 24.9 Å². The molecule has 0 N–H and O–H groups in total. The quantitative estimate of drug-likeness (QED) is 0.492. The van der Waals surface area contributed by atoms with Gasteiger partial charge in [-0.05, 0) is 13.3 Å². The van der Waals surface area contributed by atoms with Crippen LogP contribution in [0, 0.1) is 0 Å². The van der Waals surface area contributed by atoms with Crippen LogP contribution in [0.25, 0.3) is 0 Å². The van der Waals surface area contributed by atoms with Crippen LogP contribution in [0.1, 0.15) is 0 Å². The molecule has 0 bridgehead atoms. The molecule has 0 unspecified atom stereocenters. The number of rotatable bonds is 2. The Morgan fingerprint density at radius 1 is 1.20 bits per heavy atom. The number of hydrogen-bond acceptors (Lipinski definition) is 1. The fourth-order valence-electron chi connectivity index (χ4n) is 1.06. The van der Waals surface area contributed by atoms with Crippen molar-refractivity contribution in [1.29, 1.82) is 0 Å². The third kappa shape index (κ3) is 4.75.